The molecule has 2 aliphatic heterocycles. The van der Waals surface area contributed by atoms with Gasteiger partial charge < -0.3 is 19.7 Å². The van der Waals surface area contributed by atoms with E-state index in [0.717, 1.165) is 44.5 Å². The summed E-state index contributed by atoms with van der Waals surface area (Å²) in [7, 11) is 0. The molecule has 0 aromatic heterocycles. The molecule has 1 spiro atoms. The van der Waals surface area contributed by atoms with Gasteiger partial charge in [-0.05, 0) is 43.5 Å². The van der Waals surface area contributed by atoms with Crippen molar-refractivity contribution in [3.05, 3.63) is 36.4 Å². The van der Waals surface area contributed by atoms with E-state index in [9.17, 15) is 10.2 Å². The molecule has 1 saturated heterocycles. The number of fused-ring (bicyclic) bond motifs is 3. The Morgan fingerprint density at radius 2 is 2.29 bits per heavy atom. The summed E-state index contributed by atoms with van der Waals surface area (Å²) in [5, 5.41) is 25.6. The van der Waals surface area contributed by atoms with E-state index >= 15 is 0 Å². The molecule has 0 amide bonds. The number of ether oxygens (including phenoxy) is 2. The van der Waals surface area contributed by atoms with E-state index in [1.54, 1.807) is 6.07 Å². The lowest BCUT2D eigenvalue weighted by Crippen LogP contribution is -2.76. The van der Waals surface area contributed by atoms with Crippen LogP contribution in [0.3, 0.4) is 0 Å². The number of benzene rings is 1. The molecule has 3 aliphatic carbocycles. The predicted molar refractivity (Wildman–Crippen MR) is 105 cm³/mol. The Kier molecular flexibility index (Phi) is 4.25. The van der Waals surface area contributed by atoms with Crippen molar-refractivity contribution in [2.24, 2.45) is 11.3 Å². The minimum Gasteiger partial charge on any atom is -0.504 e. The van der Waals surface area contributed by atoms with Gasteiger partial charge in [-0.15, -0.1) is 6.58 Å². The molecule has 3 N–H and O–H groups in total. The quantitative estimate of drug-likeness (QED) is 0.392. The van der Waals surface area contributed by atoms with E-state index in [0.29, 0.717) is 12.5 Å². The largest absolute Gasteiger partial charge is 0.504 e. The van der Waals surface area contributed by atoms with Gasteiger partial charge in [-0.3, -0.25) is 10.2 Å². The molecule has 2 heterocycles. The van der Waals surface area contributed by atoms with Crippen LogP contribution in [0.25, 0.3) is 0 Å². The minimum atomic E-state index is -0.791. The smallest absolute Gasteiger partial charge is 0.161 e. The van der Waals surface area contributed by atoms with Crippen molar-refractivity contribution in [2.45, 2.75) is 50.0 Å². The Bertz CT molecular complexity index is 786. The number of hydrogen-bond acceptors (Lipinski definition) is 6. The number of nitrogens with zero attached hydrogens (tertiary/aromatic N) is 1. The van der Waals surface area contributed by atoms with Crippen LogP contribution in [0.2, 0.25) is 0 Å². The average Bonchev–Trinajstić information content (AvgIpc) is 2.85. The first-order valence-corrected chi connectivity index (χ1v) is 10.4. The van der Waals surface area contributed by atoms with Crippen LogP contribution >= 0.6 is 0 Å². The highest BCUT2D eigenvalue weighted by atomic mass is 16.6. The molecular weight excluding hydrogens is 356 g/mol. The highest BCUT2D eigenvalue weighted by Crippen LogP contribution is 2.69. The predicted octanol–water partition coefficient (Wildman–Crippen LogP) is 1.66. The number of likely N-dealkylation sites (tertiary alicyclic amines) is 1. The summed E-state index contributed by atoms with van der Waals surface area (Å²) in [6.07, 6.45) is 4.01. The van der Waals surface area contributed by atoms with Crippen LogP contribution in [-0.2, 0) is 11.2 Å². The van der Waals surface area contributed by atoms with Gasteiger partial charge in [0, 0.05) is 30.5 Å². The van der Waals surface area contributed by atoms with E-state index in [-0.39, 0.29) is 35.3 Å². The van der Waals surface area contributed by atoms with Crippen LogP contribution in [0, 0.1) is 11.3 Å². The summed E-state index contributed by atoms with van der Waals surface area (Å²) in [6.45, 7) is 8.92. The van der Waals surface area contributed by atoms with Crippen LogP contribution < -0.4 is 10.1 Å². The van der Waals surface area contributed by atoms with Gasteiger partial charge in [-0.2, -0.15) is 0 Å². The standard InChI is InChI=1S/C22H30N2O4/c1-3-7-24-12-21-10-15-20(18(11-21)27-13-23-4-2)28-17-8-14(5-6-16(17)25)9-19(24)22(15,21)26/h3,5-6,8,15,18-20,23,25-26H,1,4,7,9-13H2,2H3/t15?,18-,19?,20+,21?,22?/m0/s1. The Hall–Kier alpha value is -1.60. The second-order valence-electron chi connectivity index (χ2n) is 8.90. The number of hydrogen-bond donors (Lipinski definition) is 3. The molecular formula is C22H30N2O4. The first kappa shape index (κ1) is 18.4. The monoisotopic (exact) mass is 386 g/mol. The van der Waals surface area contributed by atoms with Crippen LogP contribution in [-0.4, -0.2) is 65.3 Å². The second-order valence-corrected chi connectivity index (χ2v) is 8.90. The number of aliphatic hydroxyl groups is 1. The fourth-order valence-electron chi connectivity index (χ4n) is 6.38. The van der Waals surface area contributed by atoms with Gasteiger partial charge in [-0.25, -0.2) is 0 Å². The molecule has 4 fully saturated rings. The van der Waals surface area contributed by atoms with Crippen LogP contribution in [0.5, 0.6) is 11.5 Å². The van der Waals surface area contributed by atoms with E-state index in [4.69, 9.17) is 9.47 Å². The maximum Gasteiger partial charge on any atom is 0.161 e. The van der Waals surface area contributed by atoms with Crippen molar-refractivity contribution in [3.8, 4) is 11.5 Å². The van der Waals surface area contributed by atoms with E-state index < -0.39 is 5.60 Å². The van der Waals surface area contributed by atoms with Crippen molar-refractivity contribution >= 4 is 0 Å². The topological polar surface area (TPSA) is 74.2 Å². The number of phenols is 1. The summed E-state index contributed by atoms with van der Waals surface area (Å²) in [4.78, 5) is 2.38. The zero-order valence-electron chi connectivity index (χ0n) is 16.4. The van der Waals surface area contributed by atoms with Gasteiger partial charge in [0.15, 0.2) is 11.5 Å². The molecule has 0 radical (unpaired) electrons. The van der Waals surface area contributed by atoms with E-state index in [2.05, 4.69) is 16.8 Å². The lowest BCUT2D eigenvalue weighted by atomic mass is 9.42. The molecule has 6 bridgehead atoms. The number of phenolic OH excluding ortho intramolecular Hbond substituents is 1. The molecule has 28 heavy (non-hydrogen) atoms. The SMILES string of the molecule is C=CCN1CC23CC4[C@@H](Oc5cc(ccc5O)CC1C42O)[C@@H](OCNCC)C3. The summed E-state index contributed by atoms with van der Waals surface area (Å²) < 4.78 is 12.5. The molecule has 6 nitrogen and oxygen atoms in total. The Morgan fingerprint density at radius 3 is 3.07 bits per heavy atom. The van der Waals surface area contributed by atoms with Crippen LogP contribution in [0.15, 0.2) is 30.9 Å². The molecule has 6 rings (SSSR count). The van der Waals surface area contributed by atoms with Gasteiger partial charge in [-0.1, -0.05) is 19.1 Å². The van der Waals surface area contributed by atoms with Gasteiger partial charge >= 0.3 is 0 Å². The maximum atomic E-state index is 12.1. The molecule has 4 unspecified atom stereocenters. The molecule has 1 aromatic carbocycles. The molecule has 3 saturated carbocycles. The van der Waals surface area contributed by atoms with E-state index in [1.165, 1.54) is 0 Å². The summed E-state index contributed by atoms with van der Waals surface area (Å²) in [5.74, 6) is 0.645. The lowest BCUT2D eigenvalue weighted by Gasteiger charge is -2.66. The van der Waals surface area contributed by atoms with Crippen molar-refractivity contribution < 1.29 is 19.7 Å². The highest BCUT2D eigenvalue weighted by molar-refractivity contribution is 5.44. The third-order valence-corrected chi connectivity index (χ3v) is 7.56. The van der Waals surface area contributed by atoms with Crippen molar-refractivity contribution in [1.82, 2.24) is 10.2 Å². The lowest BCUT2D eigenvalue weighted by molar-refractivity contribution is -0.288. The summed E-state index contributed by atoms with van der Waals surface area (Å²) in [6, 6.07) is 5.59. The zero-order chi connectivity index (χ0) is 19.5. The van der Waals surface area contributed by atoms with Crippen LogP contribution in [0.1, 0.15) is 25.3 Å². The Morgan fingerprint density at radius 1 is 1.43 bits per heavy atom. The molecule has 6 heteroatoms. The van der Waals surface area contributed by atoms with Gasteiger partial charge in [0.2, 0.25) is 0 Å². The third kappa shape index (κ3) is 2.35. The van der Waals surface area contributed by atoms with Gasteiger partial charge in [0.1, 0.15) is 6.10 Å². The third-order valence-electron chi connectivity index (χ3n) is 7.56. The Labute approximate surface area is 166 Å². The molecule has 152 valence electrons. The van der Waals surface area contributed by atoms with Gasteiger partial charge in [0.05, 0.1) is 18.4 Å². The average molecular weight is 386 g/mol. The number of rotatable bonds is 6. The second kappa shape index (κ2) is 6.46. The number of nitrogens with one attached hydrogen (secondary N) is 1. The molecule has 6 atom stereocenters. The fraction of sp³-hybridized carbons (Fsp3) is 0.636. The van der Waals surface area contributed by atoms with E-state index in [1.807, 2.05) is 25.1 Å². The number of aromatic hydroxyl groups is 1. The molecule has 5 aliphatic rings. The summed E-state index contributed by atoms with van der Waals surface area (Å²) >= 11 is 0. The van der Waals surface area contributed by atoms with Crippen molar-refractivity contribution in [3.63, 3.8) is 0 Å². The fourth-order valence-corrected chi connectivity index (χ4v) is 6.38. The molecule has 1 aromatic rings. The summed E-state index contributed by atoms with van der Waals surface area (Å²) in [5.41, 5.74) is 0.136. The minimum absolute atomic E-state index is 0.00124. The van der Waals surface area contributed by atoms with Crippen molar-refractivity contribution in [2.75, 3.05) is 26.4 Å². The Balaban J connectivity index is 1.57. The zero-order valence-corrected chi connectivity index (χ0v) is 16.4. The maximum absolute atomic E-state index is 12.1. The van der Waals surface area contributed by atoms with Crippen molar-refractivity contribution in [1.29, 1.82) is 0 Å². The first-order valence-electron chi connectivity index (χ1n) is 10.4. The normalized spacial score (nSPS) is 40.6. The van der Waals surface area contributed by atoms with Crippen LogP contribution in [0.4, 0.5) is 0 Å². The van der Waals surface area contributed by atoms with Gasteiger partial charge in [0.25, 0.3) is 0 Å². The highest BCUT2D eigenvalue weighted by Gasteiger charge is 2.78. The first-order chi connectivity index (χ1) is 13.5.